The molecule has 130 valence electrons. The number of hydrogen-bond acceptors (Lipinski definition) is 1. The molecular weight excluding hydrogens is 256 g/mol. The normalized spacial score (nSPS) is 10.3. The molecule has 21 heavy (non-hydrogen) atoms. The summed E-state index contributed by atoms with van der Waals surface area (Å²) in [5.41, 5.74) is 0. The second kappa shape index (κ2) is 24.9. The standard InChI is InChI=1S/C16H34.C4H10O/c1-3-5-7-9-11-13-15-16-14-12-10-8-6-4-2;1-2-3-4-5/h3-16H2,1-2H3;5H,2-4H2,1H3. The zero-order chi connectivity index (χ0) is 16.0. The van der Waals surface area contributed by atoms with Crippen LogP contribution in [0.3, 0.4) is 0 Å². The van der Waals surface area contributed by atoms with Gasteiger partial charge < -0.3 is 5.11 Å². The Bertz CT molecular complexity index is 129. The fourth-order valence-electron chi connectivity index (χ4n) is 2.43. The Labute approximate surface area is 135 Å². The first-order valence-corrected chi connectivity index (χ1v) is 9.94. The van der Waals surface area contributed by atoms with E-state index >= 15 is 0 Å². The summed E-state index contributed by atoms with van der Waals surface area (Å²) in [6.45, 7) is 6.98. The second-order valence-corrected chi connectivity index (χ2v) is 6.32. The summed E-state index contributed by atoms with van der Waals surface area (Å²) < 4.78 is 0. The van der Waals surface area contributed by atoms with Crippen LogP contribution in [0.5, 0.6) is 0 Å². The molecule has 0 bridgehead atoms. The van der Waals surface area contributed by atoms with E-state index in [9.17, 15) is 0 Å². The van der Waals surface area contributed by atoms with E-state index in [2.05, 4.69) is 20.8 Å². The summed E-state index contributed by atoms with van der Waals surface area (Å²) in [5.74, 6) is 0. The molecule has 0 spiro atoms. The van der Waals surface area contributed by atoms with Crippen LogP contribution in [0, 0.1) is 0 Å². The van der Waals surface area contributed by atoms with Crippen molar-refractivity contribution in [1.82, 2.24) is 0 Å². The molecule has 0 atom stereocenters. The lowest BCUT2D eigenvalue weighted by Crippen LogP contribution is -1.82. The van der Waals surface area contributed by atoms with Gasteiger partial charge >= 0.3 is 0 Å². The Morgan fingerprint density at radius 1 is 0.381 bits per heavy atom. The lowest BCUT2D eigenvalue weighted by Gasteiger charge is -2.02. The molecule has 0 aliphatic rings. The molecule has 1 N–H and O–H groups in total. The van der Waals surface area contributed by atoms with Gasteiger partial charge in [-0.25, -0.2) is 0 Å². The molecule has 0 fully saturated rings. The third-order valence-electron chi connectivity index (χ3n) is 3.97. The highest BCUT2D eigenvalue weighted by Gasteiger charge is 1.92. The highest BCUT2D eigenvalue weighted by Crippen LogP contribution is 2.12. The van der Waals surface area contributed by atoms with E-state index in [4.69, 9.17) is 5.11 Å². The Morgan fingerprint density at radius 3 is 0.762 bits per heavy atom. The van der Waals surface area contributed by atoms with Crippen molar-refractivity contribution >= 4 is 0 Å². The first-order valence-electron chi connectivity index (χ1n) is 9.94. The summed E-state index contributed by atoms with van der Waals surface area (Å²) in [7, 11) is 0. The fourth-order valence-corrected chi connectivity index (χ4v) is 2.43. The molecule has 0 amide bonds. The van der Waals surface area contributed by atoms with Gasteiger partial charge in [0.1, 0.15) is 0 Å². The maximum atomic E-state index is 8.07. The second-order valence-electron chi connectivity index (χ2n) is 6.32. The van der Waals surface area contributed by atoms with Crippen molar-refractivity contribution in [3.05, 3.63) is 0 Å². The molecule has 0 radical (unpaired) electrons. The van der Waals surface area contributed by atoms with Gasteiger partial charge in [0.2, 0.25) is 0 Å². The van der Waals surface area contributed by atoms with Gasteiger partial charge in [-0.3, -0.25) is 0 Å². The highest BCUT2D eigenvalue weighted by atomic mass is 16.2. The minimum atomic E-state index is 0.344. The van der Waals surface area contributed by atoms with E-state index in [-0.39, 0.29) is 0 Å². The minimum Gasteiger partial charge on any atom is -0.396 e. The van der Waals surface area contributed by atoms with E-state index in [0.29, 0.717) is 6.61 Å². The largest absolute Gasteiger partial charge is 0.396 e. The number of rotatable bonds is 15. The zero-order valence-corrected chi connectivity index (χ0v) is 15.5. The molecule has 1 nitrogen and oxygen atoms in total. The van der Waals surface area contributed by atoms with Crippen LogP contribution in [-0.2, 0) is 0 Å². The maximum Gasteiger partial charge on any atom is 0.0430 e. The quantitative estimate of drug-likeness (QED) is 0.315. The van der Waals surface area contributed by atoms with Crippen LogP contribution in [0.1, 0.15) is 124 Å². The molecule has 0 saturated heterocycles. The van der Waals surface area contributed by atoms with E-state index < -0.39 is 0 Å². The van der Waals surface area contributed by atoms with Gasteiger partial charge in [-0.05, 0) is 6.42 Å². The molecule has 0 heterocycles. The predicted octanol–water partition coefficient (Wildman–Crippen LogP) is 7.27. The molecule has 0 rings (SSSR count). The minimum absolute atomic E-state index is 0.344. The van der Waals surface area contributed by atoms with E-state index in [1.807, 2.05) is 0 Å². The first-order chi connectivity index (χ1) is 10.3. The average molecular weight is 301 g/mol. The van der Waals surface area contributed by atoms with E-state index in [0.717, 1.165) is 12.8 Å². The number of hydrogen-bond donors (Lipinski definition) is 1. The third kappa shape index (κ3) is 28.8. The summed E-state index contributed by atoms with van der Waals surface area (Å²) in [5, 5.41) is 8.07. The van der Waals surface area contributed by atoms with Crippen LogP contribution in [0.2, 0.25) is 0 Å². The van der Waals surface area contributed by atoms with E-state index in [1.54, 1.807) is 0 Å². The van der Waals surface area contributed by atoms with Crippen LogP contribution >= 0.6 is 0 Å². The summed E-state index contributed by atoms with van der Waals surface area (Å²) in [4.78, 5) is 0. The summed E-state index contributed by atoms with van der Waals surface area (Å²) in [6, 6.07) is 0. The van der Waals surface area contributed by atoms with Crippen molar-refractivity contribution in [2.45, 2.75) is 124 Å². The Hall–Kier alpha value is -0.0400. The highest BCUT2D eigenvalue weighted by molar-refractivity contribution is 4.48. The zero-order valence-electron chi connectivity index (χ0n) is 15.5. The van der Waals surface area contributed by atoms with Gasteiger partial charge in [-0.15, -0.1) is 0 Å². The van der Waals surface area contributed by atoms with Gasteiger partial charge in [-0.2, -0.15) is 0 Å². The van der Waals surface area contributed by atoms with Crippen molar-refractivity contribution in [2.75, 3.05) is 6.61 Å². The molecule has 0 aromatic carbocycles. The first kappa shape index (κ1) is 23.2. The number of aliphatic hydroxyl groups excluding tert-OH is 1. The Morgan fingerprint density at radius 2 is 0.619 bits per heavy atom. The lowest BCUT2D eigenvalue weighted by atomic mass is 10.0. The SMILES string of the molecule is CCCCCCCCCCCCCCCC.CCCCO. The van der Waals surface area contributed by atoms with Gasteiger partial charge in [0.25, 0.3) is 0 Å². The maximum absolute atomic E-state index is 8.07. The summed E-state index contributed by atoms with van der Waals surface area (Å²) in [6.07, 6.45) is 22.5. The molecular formula is C20H44O. The third-order valence-corrected chi connectivity index (χ3v) is 3.97. The van der Waals surface area contributed by atoms with Crippen molar-refractivity contribution in [3.8, 4) is 0 Å². The van der Waals surface area contributed by atoms with Crippen LogP contribution in [0.25, 0.3) is 0 Å². The molecule has 0 aliphatic carbocycles. The molecule has 0 aliphatic heterocycles. The monoisotopic (exact) mass is 300 g/mol. The van der Waals surface area contributed by atoms with Crippen molar-refractivity contribution in [1.29, 1.82) is 0 Å². The molecule has 1 heteroatoms. The number of unbranched alkanes of at least 4 members (excludes halogenated alkanes) is 14. The molecule has 0 saturated carbocycles. The fraction of sp³-hybridized carbons (Fsp3) is 1.00. The van der Waals surface area contributed by atoms with Gasteiger partial charge in [0, 0.05) is 6.61 Å². The van der Waals surface area contributed by atoms with Crippen molar-refractivity contribution < 1.29 is 5.11 Å². The topological polar surface area (TPSA) is 20.2 Å². The van der Waals surface area contributed by atoms with E-state index in [1.165, 1.54) is 89.9 Å². The van der Waals surface area contributed by atoms with Crippen LogP contribution in [0.4, 0.5) is 0 Å². The molecule has 0 unspecified atom stereocenters. The molecule has 0 aromatic rings. The van der Waals surface area contributed by atoms with Crippen LogP contribution in [0.15, 0.2) is 0 Å². The van der Waals surface area contributed by atoms with Crippen molar-refractivity contribution in [2.24, 2.45) is 0 Å². The average Bonchev–Trinajstić information content (AvgIpc) is 2.50. The Balaban J connectivity index is 0. The molecule has 0 aromatic heterocycles. The summed E-state index contributed by atoms with van der Waals surface area (Å²) >= 11 is 0. The smallest absolute Gasteiger partial charge is 0.0430 e. The van der Waals surface area contributed by atoms with Crippen LogP contribution in [-0.4, -0.2) is 11.7 Å². The Kier molecular flexibility index (Phi) is 27.6. The van der Waals surface area contributed by atoms with Crippen molar-refractivity contribution in [3.63, 3.8) is 0 Å². The number of aliphatic hydroxyl groups is 1. The lowest BCUT2D eigenvalue weighted by molar-refractivity contribution is 0.287. The van der Waals surface area contributed by atoms with Crippen LogP contribution < -0.4 is 0 Å². The predicted molar refractivity (Wildman–Crippen MR) is 98.0 cm³/mol. The van der Waals surface area contributed by atoms with Gasteiger partial charge in [0.15, 0.2) is 0 Å². The van der Waals surface area contributed by atoms with Gasteiger partial charge in [0.05, 0.1) is 0 Å². The van der Waals surface area contributed by atoms with Gasteiger partial charge in [-0.1, -0.05) is 117 Å².